The lowest BCUT2D eigenvalue weighted by atomic mass is 9.85. The largest absolute Gasteiger partial charge is 0.244 e. The van der Waals surface area contributed by atoms with E-state index in [-0.39, 0.29) is 0 Å². The summed E-state index contributed by atoms with van der Waals surface area (Å²) in [5.74, 6) is 0.562. The Balaban J connectivity index is 1.68. The van der Waals surface area contributed by atoms with Crippen LogP contribution in [0, 0.1) is 6.92 Å². The monoisotopic (exact) mass is 503 g/mol. The molecule has 0 N–H and O–H groups in total. The summed E-state index contributed by atoms with van der Waals surface area (Å²) >= 11 is 7.62. The first kappa shape index (κ1) is 19.0. The van der Waals surface area contributed by atoms with Gasteiger partial charge < -0.3 is 0 Å². The van der Waals surface area contributed by atoms with E-state index in [2.05, 4.69) is 67.7 Å². The maximum atomic E-state index is 5.29. The van der Waals surface area contributed by atoms with Crippen molar-refractivity contribution in [3.05, 3.63) is 35.5 Å². The van der Waals surface area contributed by atoms with Gasteiger partial charge >= 0.3 is 0 Å². The number of hydrogen-bond acceptors (Lipinski definition) is 2. The Morgan fingerprint density at radius 1 is 0.893 bits per heavy atom. The highest BCUT2D eigenvalue weighted by atomic mass is 79.9. The van der Waals surface area contributed by atoms with Crippen molar-refractivity contribution in [2.75, 3.05) is 0 Å². The molecule has 3 nitrogen and oxygen atoms in total. The maximum Gasteiger partial charge on any atom is 0.159 e. The van der Waals surface area contributed by atoms with Crippen LogP contribution in [0.25, 0.3) is 21.9 Å². The topological polar surface area (TPSA) is 30.7 Å². The van der Waals surface area contributed by atoms with Crippen LogP contribution in [-0.4, -0.2) is 24.4 Å². The average Bonchev–Trinajstić information content (AvgIpc) is 3.09. The number of pyridine rings is 1. The van der Waals surface area contributed by atoms with Crippen LogP contribution in [0.3, 0.4) is 0 Å². The predicted octanol–water partition coefficient (Wildman–Crippen LogP) is 7.19. The molecule has 5 heteroatoms. The minimum Gasteiger partial charge on any atom is -0.244 e. The van der Waals surface area contributed by atoms with Gasteiger partial charge in [-0.05, 0) is 69.9 Å². The summed E-state index contributed by atoms with van der Waals surface area (Å²) in [4.78, 5) is 6.48. The molecule has 2 aliphatic carbocycles. The second-order valence-corrected chi connectivity index (χ2v) is 11.2. The number of para-hydroxylation sites is 1. The van der Waals surface area contributed by atoms with Crippen LogP contribution in [0.2, 0.25) is 0 Å². The number of alkyl halides is 2. The molecule has 0 spiro atoms. The Labute approximate surface area is 183 Å². The number of rotatable bonds is 2. The van der Waals surface area contributed by atoms with Crippen molar-refractivity contribution < 1.29 is 0 Å². The second kappa shape index (κ2) is 7.71. The number of aromatic nitrogens is 3. The van der Waals surface area contributed by atoms with E-state index >= 15 is 0 Å². The summed E-state index contributed by atoms with van der Waals surface area (Å²) in [6.45, 7) is 2.27. The predicted molar refractivity (Wildman–Crippen MR) is 124 cm³/mol. The van der Waals surface area contributed by atoms with Crippen LogP contribution in [0.4, 0.5) is 0 Å². The van der Waals surface area contributed by atoms with Gasteiger partial charge in [0.25, 0.3) is 0 Å². The zero-order valence-corrected chi connectivity index (χ0v) is 19.5. The molecule has 2 aromatic heterocycles. The van der Waals surface area contributed by atoms with Gasteiger partial charge in [-0.3, -0.25) is 0 Å². The third-order valence-electron chi connectivity index (χ3n) is 6.84. The molecule has 0 atom stereocenters. The summed E-state index contributed by atoms with van der Waals surface area (Å²) in [7, 11) is 0. The summed E-state index contributed by atoms with van der Waals surface area (Å²) in [6, 6.07) is 9.05. The van der Waals surface area contributed by atoms with Gasteiger partial charge in [-0.2, -0.15) is 5.10 Å². The van der Waals surface area contributed by atoms with Crippen molar-refractivity contribution in [3.8, 4) is 0 Å². The van der Waals surface area contributed by atoms with Gasteiger partial charge in [0, 0.05) is 26.3 Å². The molecular formula is C23H27Br2N3. The van der Waals surface area contributed by atoms with Crippen LogP contribution in [0.15, 0.2) is 24.3 Å². The molecule has 0 unspecified atom stereocenters. The summed E-state index contributed by atoms with van der Waals surface area (Å²) < 4.78 is 2.31. The van der Waals surface area contributed by atoms with Crippen LogP contribution in [-0.2, 0) is 0 Å². The highest BCUT2D eigenvalue weighted by Gasteiger charge is 2.30. The van der Waals surface area contributed by atoms with Crippen molar-refractivity contribution in [1.29, 1.82) is 0 Å². The third kappa shape index (κ3) is 3.32. The Kier molecular flexibility index (Phi) is 5.25. The van der Waals surface area contributed by atoms with Gasteiger partial charge in [0.05, 0.1) is 17.3 Å². The SMILES string of the molecule is Cc1c2ccccc2nc2c1c(C1CCC(Br)CC1)nn2C1CCC(Br)CC1. The van der Waals surface area contributed by atoms with Gasteiger partial charge in [0.1, 0.15) is 0 Å². The van der Waals surface area contributed by atoms with Crippen LogP contribution in [0.1, 0.15) is 74.6 Å². The Bertz CT molecular complexity index is 996. The molecule has 3 aromatic rings. The fourth-order valence-electron chi connectivity index (χ4n) is 5.19. The molecule has 2 fully saturated rings. The van der Waals surface area contributed by atoms with Gasteiger partial charge in [-0.15, -0.1) is 0 Å². The van der Waals surface area contributed by atoms with E-state index in [1.165, 1.54) is 73.4 Å². The quantitative estimate of drug-likeness (QED) is 0.345. The number of nitrogens with zero attached hydrogens (tertiary/aromatic N) is 3. The highest BCUT2D eigenvalue weighted by Crippen LogP contribution is 2.42. The number of fused-ring (bicyclic) bond motifs is 2. The first-order valence-corrected chi connectivity index (χ1v) is 12.5. The molecule has 148 valence electrons. The fourth-order valence-corrected chi connectivity index (χ4v) is 6.25. The van der Waals surface area contributed by atoms with Gasteiger partial charge in [-0.25, -0.2) is 9.67 Å². The molecule has 0 bridgehead atoms. The molecule has 5 rings (SSSR count). The lowest BCUT2D eigenvalue weighted by Gasteiger charge is -2.26. The third-order valence-corrected chi connectivity index (χ3v) is 8.67. The molecule has 0 amide bonds. The van der Waals surface area contributed by atoms with Crippen molar-refractivity contribution in [3.63, 3.8) is 0 Å². The van der Waals surface area contributed by atoms with Crippen LogP contribution < -0.4 is 0 Å². The first-order valence-electron chi connectivity index (χ1n) is 10.7. The smallest absolute Gasteiger partial charge is 0.159 e. The summed E-state index contributed by atoms with van der Waals surface area (Å²) in [5.41, 5.74) is 4.88. The highest BCUT2D eigenvalue weighted by molar-refractivity contribution is 9.09. The number of aryl methyl sites for hydroxylation is 1. The number of hydrogen-bond donors (Lipinski definition) is 0. The zero-order chi connectivity index (χ0) is 19.3. The average molecular weight is 505 g/mol. The zero-order valence-electron chi connectivity index (χ0n) is 16.4. The van der Waals surface area contributed by atoms with E-state index in [0.717, 1.165) is 11.2 Å². The molecule has 2 heterocycles. The van der Waals surface area contributed by atoms with E-state index in [1.807, 2.05) is 0 Å². The minimum atomic E-state index is 0.477. The lowest BCUT2D eigenvalue weighted by molar-refractivity contribution is 0.338. The normalized spacial score (nSPS) is 28.8. The Morgan fingerprint density at radius 3 is 2.25 bits per heavy atom. The summed E-state index contributed by atoms with van der Waals surface area (Å²) in [6.07, 6.45) is 9.76. The molecule has 2 aliphatic rings. The standard InChI is InChI=1S/C23H27Br2N3/c1-14-19-4-2-3-5-20(19)26-23-21(14)22(15-6-8-16(24)9-7-15)27-28(23)18-12-10-17(25)11-13-18/h2-5,15-18H,6-13H2,1H3. The van der Waals surface area contributed by atoms with E-state index < -0.39 is 0 Å². The van der Waals surface area contributed by atoms with Crippen LogP contribution in [0.5, 0.6) is 0 Å². The molecule has 0 saturated heterocycles. The Hall–Kier alpha value is -0.940. The fraction of sp³-hybridized carbons (Fsp3) is 0.565. The van der Waals surface area contributed by atoms with Gasteiger partial charge in [0.2, 0.25) is 0 Å². The number of benzene rings is 1. The maximum absolute atomic E-state index is 5.29. The van der Waals surface area contributed by atoms with Crippen molar-refractivity contribution in [2.24, 2.45) is 0 Å². The molecule has 28 heavy (non-hydrogen) atoms. The van der Waals surface area contributed by atoms with Crippen molar-refractivity contribution in [1.82, 2.24) is 14.8 Å². The van der Waals surface area contributed by atoms with E-state index in [4.69, 9.17) is 10.1 Å². The van der Waals surface area contributed by atoms with E-state index in [1.54, 1.807) is 0 Å². The van der Waals surface area contributed by atoms with Crippen LogP contribution >= 0.6 is 31.9 Å². The molecule has 2 saturated carbocycles. The van der Waals surface area contributed by atoms with Crippen molar-refractivity contribution in [2.45, 2.75) is 79.9 Å². The summed E-state index contributed by atoms with van der Waals surface area (Å²) in [5, 5.41) is 7.90. The minimum absolute atomic E-state index is 0.477. The Morgan fingerprint density at radius 2 is 1.54 bits per heavy atom. The molecule has 1 aromatic carbocycles. The van der Waals surface area contributed by atoms with Gasteiger partial charge in [0.15, 0.2) is 5.65 Å². The molecule has 0 aliphatic heterocycles. The van der Waals surface area contributed by atoms with Crippen molar-refractivity contribution >= 4 is 53.8 Å². The van der Waals surface area contributed by atoms with E-state index in [0.29, 0.717) is 21.6 Å². The molecule has 0 radical (unpaired) electrons. The number of halogens is 2. The lowest BCUT2D eigenvalue weighted by Crippen LogP contribution is -2.20. The van der Waals surface area contributed by atoms with E-state index in [9.17, 15) is 0 Å². The first-order chi connectivity index (χ1) is 13.6. The second-order valence-electron chi connectivity index (χ2n) is 8.64. The van der Waals surface area contributed by atoms with Gasteiger partial charge in [-0.1, -0.05) is 50.1 Å². The molecular weight excluding hydrogens is 478 g/mol.